The summed E-state index contributed by atoms with van der Waals surface area (Å²) < 4.78 is 23.9. The molecule has 7 nitrogen and oxygen atoms in total. The molecule has 1 aromatic heterocycles. The third-order valence-electron chi connectivity index (χ3n) is 3.62. The van der Waals surface area contributed by atoms with Crippen molar-refractivity contribution < 1.29 is 8.42 Å². The third kappa shape index (κ3) is 2.95. The van der Waals surface area contributed by atoms with Gasteiger partial charge in [0.25, 0.3) is 5.56 Å². The van der Waals surface area contributed by atoms with E-state index in [0.29, 0.717) is 5.92 Å². The molecule has 8 heteroatoms. The van der Waals surface area contributed by atoms with Crippen molar-refractivity contribution in [1.82, 2.24) is 9.55 Å². The molecule has 1 saturated carbocycles. The predicted octanol–water partition coefficient (Wildman–Crippen LogP) is -0.0648. The number of nitrogens with zero attached hydrogens (tertiary/aromatic N) is 1. The summed E-state index contributed by atoms with van der Waals surface area (Å²) in [5.74, 6) is 0.604. The second-order valence-corrected chi connectivity index (χ2v) is 6.65. The summed E-state index contributed by atoms with van der Waals surface area (Å²) in [5.41, 5.74) is -1.55. The highest BCUT2D eigenvalue weighted by molar-refractivity contribution is 7.89. The van der Waals surface area contributed by atoms with Crippen LogP contribution in [-0.2, 0) is 10.0 Å². The Morgan fingerprint density at radius 3 is 2.37 bits per heavy atom. The largest absolute Gasteiger partial charge is 0.328 e. The molecule has 1 aromatic rings. The van der Waals surface area contributed by atoms with Crippen molar-refractivity contribution in [3.63, 3.8) is 0 Å². The lowest BCUT2D eigenvalue weighted by Gasteiger charge is -2.27. The predicted molar refractivity (Wildman–Crippen MR) is 69.4 cm³/mol. The molecule has 1 aliphatic carbocycles. The van der Waals surface area contributed by atoms with Crippen LogP contribution in [0.4, 0.5) is 0 Å². The van der Waals surface area contributed by atoms with E-state index in [2.05, 4.69) is 6.92 Å². The number of rotatable bonds is 2. The second kappa shape index (κ2) is 4.93. The molecule has 0 aliphatic heterocycles. The summed E-state index contributed by atoms with van der Waals surface area (Å²) in [5, 5.41) is 4.97. The maximum Gasteiger partial charge on any atom is 0.328 e. The number of aromatic nitrogens is 2. The van der Waals surface area contributed by atoms with Crippen LogP contribution in [0.2, 0.25) is 0 Å². The Balaban J connectivity index is 2.47. The number of aromatic amines is 1. The molecule has 0 unspecified atom stereocenters. The molecular formula is C11H17N3O4S. The summed E-state index contributed by atoms with van der Waals surface area (Å²) in [6.45, 7) is 2.14. The van der Waals surface area contributed by atoms with Crippen molar-refractivity contribution >= 4 is 10.0 Å². The van der Waals surface area contributed by atoms with Crippen LogP contribution in [0.15, 0.2) is 20.7 Å². The molecule has 2 rings (SSSR count). The molecule has 0 saturated heterocycles. The fraction of sp³-hybridized carbons (Fsp3) is 0.636. The Bertz CT molecular complexity index is 681. The standard InChI is InChI=1S/C11H17N3O4S/c1-7-2-4-8(5-3-7)14-6-9(19(12,17)18)10(15)13-11(14)16/h6-8H,2-5H2,1H3,(H2,12,17,18)(H,13,15,16). The normalized spacial score (nSPS) is 24.3. The van der Waals surface area contributed by atoms with E-state index in [-0.39, 0.29) is 6.04 Å². The number of nitrogens with one attached hydrogen (secondary N) is 1. The van der Waals surface area contributed by atoms with Gasteiger partial charge in [0.1, 0.15) is 0 Å². The topological polar surface area (TPSA) is 115 Å². The maximum absolute atomic E-state index is 11.8. The smallest absolute Gasteiger partial charge is 0.296 e. The summed E-state index contributed by atoms with van der Waals surface area (Å²) in [6, 6.07) is -0.0824. The first-order valence-corrected chi connectivity index (χ1v) is 7.72. The summed E-state index contributed by atoms with van der Waals surface area (Å²) in [7, 11) is -4.13. The first-order valence-electron chi connectivity index (χ1n) is 6.17. The molecule has 0 radical (unpaired) electrons. The molecule has 1 heterocycles. The summed E-state index contributed by atoms with van der Waals surface area (Å²) in [4.78, 5) is 24.7. The molecule has 106 valence electrons. The van der Waals surface area contributed by atoms with E-state index in [1.54, 1.807) is 0 Å². The zero-order valence-electron chi connectivity index (χ0n) is 10.6. The van der Waals surface area contributed by atoms with E-state index in [9.17, 15) is 18.0 Å². The Hall–Kier alpha value is -1.41. The van der Waals surface area contributed by atoms with Crippen molar-refractivity contribution in [3.8, 4) is 0 Å². The van der Waals surface area contributed by atoms with Crippen LogP contribution < -0.4 is 16.4 Å². The first-order chi connectivity index (χ1) is 8.79. The number of nitrogens with two attached hydrogens (primary N) is 1. The van der Waals surface area contributed by atoms with Crippen molar-refractivity contribution in [2.45, 2.75) is 43.5 Å². The lowest BCUT2D eigenvalue weighted by atomic mass is 9.87. The van der Waals surface area contributed by atoms with Gasteiger partial charge in [-0.25, -0.2) is 18.4 Å². The lowest BCUT2D eigenvalue weighted by Crippen LogP contribution is -2.37. The van der Waals surface area contributed by atoms with Gasteiger partial charge in [0.15, 0.2) is 4.90 Å². The monoisotopic (exact) mass is 287 g/mol. The van der Waals surface area contributed by atoms with Crippen LogP contribution >= 0.6 is 0 Å². The Labute approximate surface area is 110 Å². The second-order valence-electron chi connectivity index (χ2n) is 5.12. The third-order valence-corrected chi connectivity index (χ3v) is 4.52. The summed E-state index contributed by atoms with van der Waals surface area (Å²) in [6.07, 6.45) is 4.59. The number of H-pyrrole nitrogens is 1. The van der Waals surface area contributed by atoms with Crippen molar-refractivity contribution in [2.24, 2.45) is 11.1 Å². The molecule has 3 N–H and O–H groups in total. The molecule has 1 aliphatic rings. The van der Waals surface area contributed by atoms with Crippen LogP contribution in [0, 0.1) is 5.92 Å². The van der Waals surface area contributed by atoms with E-state index in [1.807, 2.05) is 4.98 Å². The van der Waals surface area contributed by atoms with E-state index in [0.717, 1.165) is 31.9 Å². The minimum absolute atomic E-state index is 0.0824. The molecule has 1 fully saturated rings. The minimum atomic E-state index is -4.13. The van der Waals surface area contributed by atoms with E-state index in [4.69, 9.17) is 5.14 Å². The zero-order chi connectivity index (χ0) is 14.2. The molecule has 0 aromatic carbocycles. The number of sulfonamides is 1. The van der Waals surface area contributed by atoms with Gasteiger partial charge in [0.05, 0.1) is 0 Å². The Kier molecular flexibility index (Phi) is 3.64. The van der Waals surface area contributed by atoms with Crippen LogP contribution in [0.1, 0.15) is 38.6 Å². The van der Waals surface area contributed by atoms with Crippen molar-refractivity contribution in [3.05, 3.63) is 27.0 Å². The van der Waals surface area contributed by atoms with Crippen molar-refractivity contribution in [2.75, 3.05) is 0 Å². The van der Waals surface area contributed by atoms with Crippen LogP contribution in [0.5, 0.6) is 0 Å². The lowest BCUT2D eigenvalue weighted by molar-refractivity contribution is 0.281. The number of hydrogen-bond donors (Lipinski definition) is 2. The molecular weight excluding hydrogens is 270 g/mol. The molecule has 0 bridgehead atoms. The first kappa shape index (κ1) is 14.0. The quantitative estimate of drug-likeness (QED) is 0.792. The van der Waals surface area contributed by atoms with Gasteiger partial charge in [0.2, 0.25) is 10.0 Å². The SMILES string of the molecule is CC1CCC(n2cc(S(N)(=O)=O)c(=O)[nH]c2=O)CC1. The van der Waals surface area contributed by atoms with Gasteiger partial charge < -0.3 is 0 Å². The highest BCUT2D eigenvalue weighted by Crippen LogP contribution is 2.30. The van der Waals surface area contributed by atoms with Crippen LogP contribution in [0.3, 0.4) is 0 Å². The van der Waals surface area contributed by atoms with Gasteiger partial charge in [-0.05, 0) is 31.6 Å². The van der Waals surface area contributed by atoms with E-state index >= 15 is 0 Å². The highest BCUT2D eigenvalue weighted by Gasteiger charge is 2.23. The zero-order valence-corrected chi connectivity index (χ0v) is 11.4. The highest BCUT2D eigenvalue weighted by atomic mass is 32.2. The Morgan fingerprint density at radius 1 is 1.26 bits per heavy atom. The number of hydrogen-bond acceptors (Lipinski definition) is 4. The van der Waals surface area contributed by atoms with Gasteiger partial charge >= 0.3 is 5.69 Å². The van der Waals surface area contributed by atoms with Gasteiger partial charge in [0, 0.05) is 12.2 Å². The van der Waals surface area contributed by atoms with Crippen molar-refractivity contribution in [1.29, 1.82) is 0 Å². The molecule has 0 atom stereocenters. The summed E-state index contributed by atoms with van der Waals surface area (Å²) >= 11 is 0. The van der Waals surface area contributed by atoms with Gasteiger partial charge in [-0.1, -0.05) is 6.92 Å². The van der Waals surface area contributed by atoms with E-state index in [1.165, 1.54) is 4.57 Å². The fourth-order valence-electron chi connectivity index (χ4n) is 2.46. The molecule has 0 amide bonds. The number of primary sulfonamides is 1. The average molecular weight is 287 g/mol. The fourth-order valence-corrected chi connectivity index (χ4v) is 3.03. The van der Waals surface area contributed by atoms with Crippen LogP contribution in [0.25, 0.3) is 0 Å². The maximum atomic E-state index is 11.8. The Morgan fingerprint density at radius 2 is 1.84 bits per heavy atom. The average Bonchev–Trinajstić information content (AvgIpc) is 2.29. The van der Waals surface area contributed by atoms with Gasteiger partial charge in [-0.3, -0.25) is 14.3 Å². The minimum Gasteiger partial charge on any atom is -0.296 e. The van der Waals surface area contributed by atoms with Gasteiger partial charge in [-0.15, -0.1) is 0 Å². The molecule has 0 spiro atoms. The van der Waals surface area contributed by atoms with E-state index < -0.39 is 26.2 Å². The van der Waals surface area contributed by atoms with Crippen LogP contribution in [-0.4, -0.2) is 18.0 Å². The molecule has 19 heavy (non-hydrogen) atoms. The van der Waals surface area contributed by atoms with Gasteiger partial charge in [-0.2, -0.15) is 0 Å².